The Hall–Kier alpha value is -3.34. The van der Waals surface area contributed by atoms with Gasteiger partial charge in [0, 0.05) is 34.8 Å². The zero-order valence-electron chi connectivity index (χ0n) is 20.0. The SMILES string of the molecule is [C-]#[N+]CCC#Cc1ccc(-c2c(C)c(C(=O)NN3CCS(=O)(=O)CC3)nn2-c2ccc(Cl)cc2Cl)cc1. The maximum Gasteiger partial charge on any atom is 0.286 e. The van der Waals surface area contributed by atoms with Gasteiger partial charge in [0.05, 0.1) is 34.3 Å². The molecule has 0 bridgehead atoms. The van der Waals surface area contributed by atoms with E-state index in [4.69, 9.17) is 29.8 Å². The summed E-state index contributed by atoms with van der Waals surface area (Å²) in [5, 5.41) is 7.04. The van der Waals surface area contributed by atoms with Gasteiger partial charge in [0.2, 0.25) is 6.54 Å². The molecule has 0 atom stereocenters. The van der Waals surface area contributed by atoms with Gasteiger partial charge in [-0.25, -0.2) is 24.7 Å². The van der Waals surface area contributed by atoms with Crippen LogP contribution in [0, 0.1) is 25.3 Å². The smallest absolute Gasteiger partial charge is 0.286 e. The molecule has 1 fully saturated rings. The van der Waals surface area contributed by atoms with Gasteiger partial charge in [-0.15, -0.1) is 0 Å². The molecule has 1 aliphatic rings. The minimum absolute atomic E-state index is 0.0144. The average Bonchev–Trinajstić information content (AvgIpc) is 3.20. The molecule has 4 rings (SSSR count). The standard InChI is InChI=1S/C26H23Cl2N5O3S/c1-18-24(26(34)31-32-13-15-37(35,36)16-14-32)30-33(23-11-10-21(27)17-22(23)28)25(18)20-8-6-19(7-9-20)5-3-4-12-29-2/h6-11,17H,4,12-16H2,1H3,(H,31,34). The summed E-state index contributed by atoms with van der Waals surface area (Å²) in [6.07, 6.45) is 0.508. The van der Waals surface area contributed by atoms with Crippen LogP contribution in [-0.4, -0.2) is 60.3 Å². The highest BCUT2D eigenvalue weighted by molar-refractivity contribution is 7.91. The largest absolute Gasteiger partial charge is 0.316 e. The maximum absolute atomic E-state index is 13.2. The molecule has 11 heteroatoms. The van der Waals surface area contributed by atoms with E-state index in [-0.39, 0.29) is 30.3 Å². The van der Waals surface area contributed by atoms with Crippen molar-refractivity contribution in [1.82, 2.24) is 20.2 Å². The van der Waals surface area contributed by atoms with Crippen molar-refractivity contribution in [3.63, 3.8) is 0 Å². The quantitative estimate of drug-likeness (QED) is 0.289. The molecular formula is C26H23Cl2N5O3S. The Bertz CT molecular complexity index is 1530. The molecule has 1 saturated heterocycles. The molecule has 1 amide bonds. The highest BCUT2D eigenvalue weighted by Crippen LogP contribution is 2.33. The first-order chi connectivity index (χ1) is 17.7. The third-order valence-corrected chi connectivity index (χ3v) is 7.97. The van der Waals surface area contributed by atoms with E-state index in [0.717, 1.165) is 11.1 Å². The number of rotatable bonds is 5. The summed E-state index contributed by atoms with van der Waals surface area (Å²) in [6.45, 7) is 9.43. The van der Waals surface area contributed by atoms with E-state index < -0.39 is 15.7 Å². The van der Waals surface area contributed by atoms with E-state index in [1.165, 1.54) is 0 Å². The number of sulfone groups is 1. The number of carbonyl (C=O) groups is 1. The zero-order chi connectivity index (χ0) is 26.6. The van der Waals surface area contributed by atoms with Crippen LogP contribution < -0.4 is 5.43 Å². The molecule has 2 heterocycles. The molecule has 37 heavy (non-hydrogen) atoms. The van der Waals surface area contributed by atoms with Crippen LogP contribution in [-0.2, 0) is 9.84 Å². The lowest BCUT2D eigenvalue weighted by Crippen LogP contribution is -2.50. The lowest BCUT2D eigenvalue weighted by atomic mass is 10.0. The lowest BCUT2D eigenvalue weighted by Gasteiger charge is -2.26. The number of hydrogen-bond acceptors (Lipinski definition) is 5. The third kappa shape index (κ3) is 6.33. The molecule has 1 N–H and O–H groups in total. The Labute approximate surface area is 225 Å². The van der Waals surface area contributed by atoms with Gasteiger partial charge in [-0.2, -0.15) is 5.10 Å². The summed E-state index contributed by atoms with van der Waals surface area (Å²) < 4.78 is 25.1. The normalized spacial score (nSPS) is 14.9. The van der Waals surface area contributed by atoms with Crippen LogP contribution in [0.1, 0.15) is 28.0 Å². The van der Waals surface area contributed by atoms with Crippen molar-refractivity contribution < 1.29 is 13.2 Å². The Morgan fingerprint density at radius 1 is 1.16 bits per heavy atom. The number of carbonyl (C=O) groups excluding carboxylic acids is 1. The van der Waals surface area contributed by atoms with Crippen molar-refractivity contribution in [1.29, 1.82) is 0 Å². The number of hydrazine groups is 1. The molecule has 190 valence electrons. The fourth-order valence-corrected chi connectivity index (χ4v) is 5.58. The molecule has 1 aromatic heterocycles. The van der Waals surface area contributed by atoms with Crippen molar-refractivity contribution in [3.05, 3.63) is 80.7 Å². The van der Waals surface area contributed by atoms with E-state index in [0.29, 0.717) is 40.0 Å². The van der Waals surface area contributed by atoms with Gasteiger partial charge in [-0.05, 0) is 37.3 Å². The van der Waals surface area contributed by atoms with Crippen LogP contribution in [0.15, 0.2) is 42.5 Å². The van der Waals surface area contributed by atoms with Gasteiger partial charge in [-0.1, -0.05) is 47.2 Å². The Balaban J connectivity index is 1.71. The minimum Gasteiger partial charge on any atom is -0.316 e. The molecule has 8 nitrogen and oxygen atoms in total. The summed E-state index contributed by atoms with van der Waals surface area (Å²) >= 11 is 12.6. The van der Waals surface area contributed by atoms with E-state index in [9.17, 15) is 13.2 Å². The Kier molecular flexibility index (Phi) is 8.21. The Morgan fingerprint density at radius 3 is 2.51 bits per heavy atom. The first-order valence-corrected chi connectivity index (χ1v) is 14.0. The van der Waals surface area contributed by atoms with Gasteiger partial charge in [-0.3, -0.25) is 10.2 Å². The van der Waals surface area contributed by atoms with Gasteiger partial charge in [0.15, 0.2) is 15.5 Å². The molecular weight excluding hydrogens is 533 g/mol. The number of nitrogens with one attached hydrogen (secondary N) is 1. The topological polar surface area (TPSA) is 88.7 Å². The fraction of sp³-hybridized carbons (Fsp3) is 0.269. The van der Waals surface area contributed by atoms with Crippen LogP contribution in [0.2, 0.25) is 10.0 Å². The number of halogens is 2. The number of benzene rings is 2. The second-order valence-corrected chi connectivity index (χ2v) is 11.6. The van der Waals surface area contributed by atoms with Gasteiger partial charge >= 0.3 is 0 Å². The molecule has 3 aromatic rings. The van der Waals surface area contributed by atoms with Gasteiger partial charge in [0.1, 0.15) is 0 Å². The van der Waals surface area contributed by atoms with Crippen LogP contribution in [0.25, 0.3) is 21.8 Å². The van der Waals surface area contributed by atoms with Gasteiger partial charge in [0.25, 0.3) is 5.91 Å². The molecule has 1 aliphatic heterocycles. The highest BCUT2D eigenvalue weighted by Gasteiger charge is 2.27. The minimum atomic E-state index is -3.08. The second-order valence-electron chi connectivity index (χ2n) is 8.42. The van der Waals surface area contributed by atoms with Crippen LogP contribution in [0.5, 0.6) is 0 Å². The molecule has 0 aliphatic carbocycles. The van der Waals surface area contributed by atoms with E-state index in [1.807, 2.05) is 24.3 Å². The second kappa shape index (κ2) is 11.4. The van der Waals surface area contributed by atoms with E-state index in [2.05, 4.69) is 27.2 Å². The zero-order valence-corrected chi connectivity index (χ0v) is 22.3. The number of amides is 1. The maximum atomic E-state index is 13.2. The average molecular weight is 556 g/mol. The van der Waals surface area contributed by atoms with Crippen molar-refractivity contribution in [2.45, 2.75) is 13.3 Å². The molecule has 0 spiro atoms. The van der Waals surface area contributed by atoms with Gasteiger partial charge < -0.3 is 4.85 Å². The summed E-state index contributed by atoms with van der Waals surface area (Å²) in [4.78, 5) is 16.5. The van der Waals surface area contributed by atoms with Crippen molar-refractivity contribution in [3.8, 4) is 28.8 Å². The van der Waals surface area contributed by atoms with Crippen molar-refractivity contribution >= 4 is 38.9 Å². The molecule has 0 radical (unpaired) electrons. The first-order valence-electron chi connectivity index (χ1n) is 11.4. The van der Waals surface area contributed by atoms with Crippen molar-refractivity contribution in [2.24, 2.45) is 0 Å². The predicted molar refractivity (Wildman–Crippen MR) is 144 cm³/mol. The summed E-state index contributed by atoms with van der Waals surface area (Å²) in [7, 11) is -3.08. The third-order valence-electron chi connectivity index (χ3n) is 5.82. The monoisotopic (exact) mass is 555 g/mol. The van der Waals surface area contributed by atoms with E-state index in [1.54, 1.807) is 34.8 Å². The number of nitrogens with zero attached hydrogens (tertiary/aromatic N) is 4. The molecule has 0 saturated carbocycles. The molecule has 0 unspecified atom stereocenters. The Morgan fingerprint density at radius 2 is 1.86 bits per heavy atom. The molecule has 2 aromatic carbocycles. The van der Waals surface area contributed by atoms with Crippen LogP contribution in [0.3, 0.4) is 0 Å². The lowest BCUT2D eigenvalue weighted by molar-refractivity contribution is 0.0795. The summed E-state index contributed by atoms with van der Waals surface area (Å²) in [6, 6.07) is 12.5. The fourth-order valence-electron chi connectivity index (χ4n) is 3.89. The van der Waals surface area contributed by atoms with Crippen molar-refractivity contribution in [2.75, 3.05) is 31.1 Å². The van der Waals surface area contributed by atoms with Crippen LogP contribution in [0.4, 0.5) is 0 Å². The van der Waals surface area contributed by atoms with Crippen LogP contribution >= 0.6 is 23.2 Å². The first kappa shape index (κ1) is 26.7. The number of aromatic nitrogens is 2. The van der Waals surface area contributed by atoms with E-state index >= 15 is 0 Å². The number of hydrogen-bond donors (Lipinski definition) is 1. The predicted octanol–water partition coefficient (Wildman–Crippen LogP) is 4.19. The summed E-state index contributed by atoms with van der Waals surface area (Å²) in [5.74, 6) is 5.56. The summed E-state index contributed by atoms with van der Waals surface area (Å²) in [5.41, 5.74) is 6.43. The highest BCUT2D eigenvalue weighted by atomic mass is 35.5.